The van der Waals surface area contributed by atoms with Gasteiger partial charge in [-0.1, -0.05) is 36.4 Å². The van der Waals surface area contributed by atoms with Crippen molar-refractivity contribution in [3.8, 4) is 0 Å². The van der Waals surface area contributed by atoms with Crippen molar-refractivity contribution in [3.05, 3.63) is 112 Å². The van der Waals surface area contributed by atoms with Crippen molar-refractivity contribution in [1.82, 2.24) is 25.3 Å². The number of pyridine rings is 2. The molecule has 4 aromatic rings. The summed E-state index contributed by atoms with van der Waals surface area (Å²) in [6.45, 7) is 3.01. The Balaban J connectivity index is 1.39. The minimum atomic E-state index is -0.358. The van der Waals surface area contributed by atoms with Gasteiger partial charge in [-0.2, -0.15) is 0 Å². The molecule has 35 heavy (non-hydrogen) atoms. The summed E-state index contributed by atoms with van der Waals surface area (Å²) in [6.07, 6.45) is 4.39. The average molecular weight is 472 g/mol. The Hall–Kier alpha value is -3.39. The predicted octanol–water partition coefficient (Wildman–Crippen LogP) is 4.01. The number of nitrogens with one attached hydrogen (secondary N) is 2. The van der Waals surface area contributed by atoms with E-state index in [1.165, 1.54) is 17.7 Å². The average Bonchev–Trinajstić information content (AvgIpc) is 3.38. The molecule has 0 saturated carbocycles. The summed E-state index contributed by atoms with van der Waals surface area (Å²) in [5.74, 6) is -0.358. The Kier molecular flexibility index (Phi) is 6.72. The molecule has 2 N–H and O–H groups in total. The Morgan fingerprint density at radius 2 is 1.94 bits per heavy atom. The molecule has 0 radical (unpaired) electrons. The first kappa shape index (κ1) is 23.4. The molecule has 0 amide bonds. The Labute approximate surface area is 204 Å². The molecule has 0 spiro atoms. The normalized spacial score (nSPS) is 18.9. The maximum absolute atomic E-state index is 14.1. The van der Waals surface area contributed by atoms with Crippen LogP contribution in [-0.4, -0.2) is 33.6 Å². The first-order valence-corrected chi connectivity index (χ1v) is 12.0. The summed E-state index contributed by atoms with van der Waals surface area (Å²) < 4.78 is 15.7. The minimum absolute atomic E-state index is 0.106. The predicted molar refractivity (Wildman–Crippen MR) is 136 cm³/mol. The molecule has 180 valence electrons. The van der Waals surface area contributed by atoms with Crippen molar-refractivity contribution < 1.29 is 4.39 Å². The Bertz CT molecular complexity index is 1360. The molecule has 1 fully saturated rings. The van der Waals surface area contributed by atoms with Crippen LogP contribution in [0.5, 0.6) is 0 Å². The smallest absolute Gasteiger partial charge is 0.255 e. The summed E-state index contributed by atoms with van der Waals surface area (Å²) in [4.78, 5) is 19.9. The Morgan fingerprint density at radius 3 is 2.71 bits per heavy atom. The van der Waals surface area contributed by atoms with Crippen LogP contribution in [0.2, 0.25) is 0 Å². The maximum atomic E-state index is 14.1. The van der Waals surface area contributed by atoms with Gasteiger partial charge in [-0.15, -0.1) is 0 Å². The van der Waals surface area contributed by atoms with Crippen LogP contribution in [0.3, 0.4) is 0 Å². The van der Waals surface area contributed by atoms with Crippen molar-refractivity contribution in [2.75, 3.05) is 7.05 Å². The second-order valence-electron chi connectivity index (χ2n) is 9.38. The molecule has 0 bridgehead atoms. The number of fused-ring (bicyclic) bond motifs is 1. The summed E-state index contributed by atoms with van der Waals surface area (Å²) >= 11 is 0. The minimum Gasteiger partial charge on any atom is -0.303 e. The third-order valence-corrected chi connectivity index (χ3v) is 7.03. The molecule has 0 aliphatic carbocycles. The summed E-state index contributed by atoms with van der Waals surface area (Å²) in [6, 6.07) is 21.4. The fourth-order valence-electron chi connectivity index (χ4n) is 4.87. The quantitative estimate of drug-likeness (QED) is 0.427. The van der Waals surface area contributed by atoms with Crippen LogP contribution in [0.4, 0.5) is 4.39 Å². The van der Waals surface area contributed by atoms with E-state index in [4.69, 9.17) is 0 Å². The number of rotatable bonds is 7. The summed E-state index contributed by atoms with van der Waals surface area (Å²) in [5, 5.41) is 0.843. The van der Waals surface area contributed by atoms with Gasteiger partial charge in [-0.3, -0.25) is 20.1 Å². The van der Waals surface area contributed by atoms with Gasteiger partial charge in [0.15, 0.2) is 0 Å². The number of hydrogen-bond acceptors (Lipinski definition) is 5. The van der Waals surface area contributed by atoms with Crippen LogP contribution < -0.4 is 16.4 Å². The standard InChI is InChI=1S/C28H30FN5O/c1-19(25-15-26(32-31-25)21-8-4-3-5-9-21)33(2)18-23-13-22-10-11-24(29)14-27(22)34(28(23)35)17-20-7-6-12-30-16-20/h3-14,16,19,25-26,31-32H,15,17-18H2,1-2H3. The first-order valence-electron chi connectivity index (χ1n) is 12.0. The first-order chi connectivity index (χ1) is 17.0. The van der Waals surface area contributed by atoms with Gasteiger partial charge >= 0.3 is 0 Å². The van der Waals surface area contributed by atoms with Gasteiger partial charge in [0.1, 0.15) is 5.82 Å². The van der Waals surface area contributed by atoms with Gasteiger partial charge in [-0.05, 0) is 67.2 Å². The lowest BCUT2D eigenvalue weighted by atomic mass is 9.98. The third-order valence-electron chi connectivity index (χ3n) is 7.03. The van der Waals surface area contributed by atoms with E-state index < -0.39 is 0 Å². The molecule has 3 heterocycles. The van der Waals surface area contributed by atoms with E-state index in [0.29, 0.717) is 24.2 Å². The largest absolute Gasteiger partial charge is 0.303 e. The van der Waals surface area contributed by atoms with Crippen molar-refractivity contribution in [2.24, 2.45) is 0 Å². The second kappa shape index (κ2) is 10.1. The number of hydrazine groups is 1. The molecular weight excluding hydrogens is 441 g/mol. The SMILES string of the molecule is CC(C1CC(c2ccccc2)NN1)N(C)Cc1cc2ccc(F)cc2n(Cc2cccnc2)c1=O. The molecular formula is C28H30FN5O. The molecule has 5 rings (SSSR count). The van der Waals surface area contributed by atoms with Crippen LogP contribution in [0.25, 0.3) is 10.9 Å². The van der Waals surface area contributed by atoms with E-state index in [-0.39, 0.29) is 29.5 Å². The maximum Gasteiger partial charge on any atom is 0.255 e. The fraction of sp³-hybridized carbons (Fsp3) is 0.286. The van der Waals surface area contributed by atoms with Gasteiger partial charge in [0.25, 0.3) is 5.56 Å². The molecule has 1 aliphatic heterocycles. The van der Waals surface area contributed by atoms with Gasteiger partial charge < -0.3 is 4.57 Å². The molecule has 1 saturated heterocycles. The van der Waals surface area contributed by atoms with E-state index >= 15 is 0 Å². The highest BCUT2D eigenvalue weighted by molar-refractivity contribution is 5.79. The monoisotopic (exact) mass is 471 g/mol. The summed E-state index contributed by atoms with van der Waals surface area (Å²) in [5.41, 5.74) is 10.2. The molecule has 2 aromatic carbocycles. The second-order valence-corrected chi connectivity index (χ2v) is 9.38. The van der Waals surface area contributed by atoms with Crippen molar-refractivity contribution in [3.63, 3.8) is 0 Å². The van der Waals surface area contributed by atoms with Crippen LogP contribution in [0, 0.1) is 5.82 Å². The van der Waals surface area contributed by atoms with Crippen LogP contribution in [-0.2, 0) is 13.1 Å². The molecule has 6 nitrogen and oxygen atoms in total. The molecule has 1 aliphatic rings. The topological polar surface area (TPSA) is 62.2 Å². The van der Waals surface area contributed by atoms with Crippen molar-refractivity contribution in [1.29, 1.82) is 0 Å². The van der Waals surface area contributed by atoms with E-state index in [1.807, 2.05) is 31.3 Å². The molecule has 2 aromatic heterocycles. The van der Waals surface area contributed by atoms with Crippen molar-refractivity contribution >= 4 is 10.9 Å². The molecule has 3 unspecified atom stereocenters. The lowest BCUT2D eigenvalue weighted by Crippen LogP contribution is -2.46. The zero-order chi connectivity index (χ0) is 24.4. The fourth-order valence-corrected chi connectivity index (χ4v) is 4.87. The zero-order valence-corrected chi connectivity index (χ0v) is 20.0. The van der Waals surface area contributed by atoms with Crippen LogP contribution in [0.1, 0.15) is 36.1 Å². The van der Waals surface area contributed by atoms with E-state index in [1.54, 1.807) is 23.0 Å². The zero-order valence-electron chi connectivity index (χ0n) is 20.0. The highest BCUT2D eigenvalue weighted by Crippen LogP contribution is 2.25. The molecule has 3 atom stereocenters. The lowest BCUT2D eigenvalue weighted by molar-refractivity contribution is 0.204. The number of likely N-dealkylation sites (N-methyl/N-ethyl adjacent to an activating group) is 1. The highest BCUT2D eigenvalue weighted by Gasteiger charge is 2.31. The van der Waals surface area contributed by atoms with Crippen molar-refractivity contribution in [2.45, 2.75) is 44.6 Å². The number of aromatic nitrogens is 2. The van der Waals surface area contributed by atoms with E-state index in [0.717, 1.165) is 17.4 Å². The van der Waals surface area contributed by atoms with Crippen LogP contribution >= 0.6 is 0 Å². The number of halogens is 1. The lowest BCUT2D eigenvalue weighted by Gasteiger charge is -2.29. The number of hydrogen-bond donors (Lipinski definition) is 2. The van der Waals surface area contributed by atoms with Gasteiger partial charge in [0.2, 0.25) is 0 Å². The third kappa shape index (κ3) is 5.03. The van der Waals surface area contributed by atoms with E-state index in [9.17, 15) is 9.18 Å². The highest BCUT2D eigenvalue weighted by atomic mass is 19.1. The van der Waals surface area contributed by atoms with Crippen LogP contribution in [0.15, 0.2) is 83.9 Å². The van der Waals surface area contributed by atoms with Gasteiger partial charge in [-0.25, -0.2) is 9.82 Å². The number of benzene rings is 2. The molecule has 7 heteroatoms. The van der Waals surface area contributed by atoms with Gasteiger partial charge in [0, 0.05) is 42.6 Å². The van der Waals surface area contributed by atoms with E-state index in [2.05, 4.69) is 51.9 Å². The number of nitrogens with zero attached hydrogens (tertiary/aromatic N) is 3. The summed E-state index contributed by atoms with van der Waals surface area (Å²) in [7, 11) is 2.04. The van der Waals surface area contributed by atoms with Gasteiger partial charge in [0.05, 0.1) is 12.1 Å². The Morgan fingerprint density at radius 1 is 1.11 bits per heavy atom.